The quantitative estimate of drug-likeness (QED) is 0.386. The lowest BCUT2D eigenvalue weighted by atomic mass is 10.3. The number of nitrogen functional groups attached to an aromatic ring is 1. The van der Waals surface area contributed by atoms with Crippen LogP contribution in [0.1, 0.15) is 5.69 Å². The lowest BCUT2D eigenvalue weighted by molar-refractivity contribution is -0.111. The lowest BCUT2D eigenvalue weighted by Gasteiger charge is -2.24. The molecule has 1 amide bonds. The molecule has 0 unspecified atom stereocenters. The van der Waals surface area contributed by atoms with E-state index in [0.29, 0.717) is 12.2 Å². The van der Waals surface area contributed by atoms with Crippen molar-refractivity contribution in [2.45, 2.75) is 0 Å². The van der Waals surface area contributed by atoms with Gasteiger partial charge in [-0.15, -0.1) is 0 Å². The van der Waals surface area contributed by atoms with E-state index in [4.69, 9.17) is 15.9 Å². The van der Waals surface area contributed by atoms with Crippen molar-refractivity contribution >= 4 is 17.4 Å². The van der Waals surface area contributed by atoms with E-state index in [0.717, 1.165) is 26.3 Å². The van der Waals surface area contributed by atoms with Gasteiger partial charge in [-0.1, -0.05) is 6.08 Å². The number of aryl methyl sites for hydroxylation is 1. The number of carbonyl (C=O) groups is 1. The molecule has 0 aromatic carbocycles. The monoisotopic (exact) mass is 292 g/mol. The predicted octanol–water partition coefficient (Wildman–Crippen LogP) is -0.469. The zero-order valence-electron chi connectivity index (χ0n) is 12.0. The fourth-order valence-corrected chi connectivity index (χ4v) is 2.05. The van der Waals surface area contributed by atoms with Gasteiger partial charge in [-0.3, -0.25) is 19.8 Å². The highest BCUT2D eigenvalue weighted by Gasteiger charge is 2.12. The average molecular weight is 292 g/mol. The van der Waals surface area contributed by atoms with Crippen molar-refractivity contribution in [2.75, 3.05) is 38.2 Å². The first-order valence-electron chi connectivity index (χ1n) is 6.72. The van der Waals surface area contributed by atoms with E-state index >= 15 is 0 Å². The van der Waals surface area contributed by atoms with Gasteiger partial charge in [0.05, 0.1) is 18.9 Å². The number of amides is 1. The van der Waals surface area contributed by atoms with E-state index in [-0.39, 0.29) is 17.4 Å². The molecule has 0 saturated carbocycles. The topological polar surface area (TPSA) is 109 Å². The molecule has 114 valence electrons. The van der Waals surface area contributed by atoms with Crippen LogP contribution in [0, 0.1) is 5.41 Å². The summed E-state index contributed by atoms with van der Waals surface area (Å²) in [5.41, 5.74) is 6.13. The minimum atomic E-state index is -0.265. The molecule has 0 atom stereocenters. The van der Waals surface area contributed by atoms with E-state index in [1.807, 2.05) is 6.08 Å². The third-order valence-electron chi connectivity index (χ3n) is 3.08. The number of hydrogen-bond donors (Lipinski definition) is 3. The fourth-order valence-electron chi connectivity index (χ4n) is 2.05. The van der Waals surface area contributed by atoms with Crippen LogP contribution in [0.3, 0.4) is 0 Å². The number of rotatable bonds is 5. The molecule has 1 aliphatic heterocycles. The van der Waals surface area contributed by atoms with Gasteiger partial charge in [0.15, 0.2) is 0 Å². The number of amidine groups is 1. The minimum Gasteiger partial charge on any atom is -0.382 e. The van der Waals surface area contributed by atoms with Gasteiger partial charge < -0.3 is 15.8 Å². The number of ether oxygens (including phenoxy) is 1. The maximum atomic E-state index is 11.8. The summed E-state index contributed by atoms with van der Waals surface area (Å²) in [5.74, 6) is -0.443. The molecule has 0 bridgehead atoms. The maximum absolute atomic E-state index is 11.8. The first kappa shape index (κ1) is 15.2. The van der Waals surface area contributed by atoms with Gasteiger partial charge in [-0.05, 0) is 0 Å². The molecular weight excluding hydrogens is 272 g/mol. The van der Waals surface area contributed by atoms with Gasteiger partial charge in [-0.2, -0.15) is 5.10 Å². The van der Waals surface area contributed by atoms with Gasteiger partial charge in [0, 0.05) is 39.0 Å². The van der Waals surface area contributed by atoms with Crippen molar-refractivity contribution in [1.29, 1.82) is 5.41 Å². The van der Waals surface area contributed by atoms with Gasteiger partial charge in [0.1, 0.15) is 11.5 Å². The second-order valence-corrected chi connectivity index (χ2v) is 4.78. The van der Waals surface area contributed by atoms with Gasteiger partial charge >= 0.3 is 0 Å². The van der Waals surface area contributed by atoms with Crippen LogP contribution in [-0.4, -0.2) is 59.3 Å². The first-order valence-corrected chi connectivity index (χ1v) is 6.72. The molecule has 1 aromatic heterocycles. The molecule has 8 nitrogen and oxygen atoms in total. The molecule has 1 aliphatic rings. The summed E-state index contributed by atoms with van der Waals surface area (Å²) < 4.78 is 6.76. The Morgan fingerprint density at radius 3 is 2.95 bits per heavy atom. The number of nitrogens with zero attached hydrogens (tertiary/aromatic N) is 3. The average Bonchev–Trinajstić information content (AvgIpc) is 2.81. The first-order chi connectivity index (χ1) is 10.1. The molecule has 1 saturated heterocycles. The molecule has 1 aromatic rings. The van der Waals surface area contributed by atoms with Crippen molar-refractivity contribution in [3.8, 4) is 0 Å². The maximum Gasteiger partial charge on any atom is 0.248 e. The number of anilines is 1. The molecular formula is C13H20N6O2. The Balaban J connectivity index is 1.87. The van der Waals surface area contributed by atoms with E-state index in [1.165, 1.54) is 10.8 Å². The van der Waals surface area contributed by atoms with Gasteiger partial charge in [-0.25, -0.2) is 0 Å². The third kappa shape index (κ3) is 4.40. The van der Waals surface area contributed by atoms with Crippen molar-refractivity contribution in [3.63, 3.8) is 0 Å². The van der Waals surface area contributed by atoms with Crippen LogP contribution < -0.4 is 11.1 Å². The fraction of sp³-hybridized carbons (Fsp3) is 0.462. The number of nitrogens with two attached hydrogens (primary N) is 1. The van der Waals surface area contributed by atoms with Crippen molar-refractivity contribution in [1.82, 2.24) is 14.7 Å². The largest absolute Gasteiger partial charge is 0.382 e. The second-order valence-electron chi connectivity index (χ2n) is 4.78. The molecule has 1 fully saturated rings. The Morgan fingerprint density at radius 1 is 1.57 bits per heavy atom. The van der Waals surface area contributed by atoms with Crippen LogP contribution in [0.5, 0.6) is 0 Å². The molecule has 0 spiro atoms. The SMILES string of the molecule is Cn1cc(NC(=O)/C=C/CN2CCOCC2)c(C(=N)N)n1. The normalized spacial score (nSPS) is 16.2. The summed E-state index contributed by atoms with van der Waals surface area (Å²) in [7, 11) is 1.70. The number of aromatic nitrogens is 2. The van der Waals surface area contributed by atoms with Crippen LogP contribution in [0.2, 0.25) is 0 Å². The summed E-state index contributed by atoms with van der Waals surface area (Å²) in [6.07, 6.45) is 4.90. The highest BCUT2D eigenvalue weighted by atomic mass is 16.5. The van der Waals surface area contributed by atoms with Crippen LogP contribution in [0.4, 0.5) is 5.69 Å². The smallest absolute Gasteiger partial charge is 0.248 e. The van der Waals surface area contributed by atoms with Crippen molar-refractivity contribution < 1.29 is 9.53 Å². The van der Waals surface area contributed by atoms with E-state index in [9.17, 15) is 4.79 Å². The van der Waals surface area contributed by atoms with Crippen LogP contribution >= 0.6 is 0 Å². The molecule has 0 radical (unpaired) electrons. The summed E-state index contributed by atoms with van der Waals surface area (Å²) in [6, 6.07) is 0. The number of nitrogens with one attached hydrogen (secondary N) is 2. The lowest BCUT2D eigenvalue weighted by Crippen LogP contribution is -2.36. The standard InChI is InChI=1S/C13H20N6O2/c1-18-9-10(12(17-18)13(14)15)16-11(20)3-2-4-19-5-7-21-8-6-19/h2-3,9H,4-8H2,1H3,(H3,14,15)(H,16,20)/b3-2+. The van der Waals surface area contributed by atoms with Crippen molar-refractivity contribution in [2.24, 2.45) is 12.8 Å². The number of carbonyl (C=O) groups excluding carboxylic acids is 1. The van der Waals surface area contributed by atoms with Gasteiger partial charge in [0.2, 0.25) is 5.91 Å². The third-order valence-corrected chi connectivity index (χ3v) is 3.08. The minimum absolute atomic E-state index is 0.178. The Hall–Kier alpha value is -2.19. The van der Waals surface area contributed by atoms with Crippen LogP contribution in [-0.2, 0) is 16.6 Å². The predicted molar refractivity (Wildman–Crippen MR) is 79.3 cm³/mol. The molecule has 21 heavy (non-hydrogen) atoms. The molecule has 2 rings (SSSR count). The summed E-state index contributed by atoms with van der Waals surface area (Å²) in [5, 5.41) is 14.1. The van der Waals surface area contributed by atoms with Crippen molar-refractivity contribution in [3.05, 3.63) is 24.0 Å². The molecule has 8 heteroatoms. The van der Waals surface area contributed by atoms with Gasteiger partial charge in [0.25, 0.3) is 0 Å². The second kappa shape index (κ2) is 7.00. The number of morpholine rings is 1. The Morgan fingerprint density at radius 2 is 2.29 bits per heavy atom. The summed E-state index contributed by atoms with van der Waals surface area (Å²) in [6.45, 7) is 3.94. The Labute approximate surface area is 123 Å². The van der Waals surface area contributed by atoms with E-state index < -0.39 is 0 Å². The highest BCUT2D eigenvalue weighted by molar-refractivity contribution is 6.05. The van der Waals surface area contributed by atoms with E-state index in [1.54, 1.807) is 13.2 Å². The highest BCUT2D eigenvalue weighted by Crippen LogP contribution is 2.12. The summed E-state index contributed by atoms with van der Waals surface area (Å²) >= 11 is 0. The Kier molecular flexibility index (Phi) is 5.07. The molecule has 0 aliphatic carbocycles. The molecule has 2 heterocycles. The molecule has 4 N–H and O–H groups in total. The number of hydrogen-bond acceptors (Lipinski definition) is 5. The summed E-state index contributed by atoms with van der Waals surface area (Å²) in [4.78, 5) is 14.1. The van der Waals surface area contributed by atoms with E-state index in [2.05, 4.69) is 15.3 Å². The van der Waals surface area contributed by atoms with Crippen LogP contribution in [0.25, 0.3) is 0 Å². The van der Waals surface area contributed by atoms with Crippen LogP contribution in [0.15, 0.2) is 18.3 Å². The Bertz CT molecular complexity index is 545. The zero-order chi connectivity index (χ0) is 15.2. The zero-order valence-corrected chi connectivity index (χ0v) is 12.0.